The molecular formula is C13H12N2O3. The first-order chi connectivity index (χ1) is 8.72. The Labute approximate surface area is 104 Å². The van der Waals surface area contributed by atoms with Gasteiger partial charge in [-0.05, 0) is 18.2 Å². The van der Waals surface area contributed by atoms with Crippen molar-refractivity contribution in [3.8, 4) is 11.8 Å². The Morgan fingerprint density at radius 2 is 2.33 bits per heavy atom. The number of rotatable bonds is 3. The molecule has 5 heteroatoms. The van der Waals surface area contributed by atoms with Crippen LogP contribution in [0, 0.1) is 11.8 Å². The van der Waals surface area contributed by atoms with Crippen LogP contribution in [-0.4, -0.2) is 34.6 Å². The van der Waals surface area contributed by atoms with E-state index >= 15 is 0 Å². The summed E-state index contributed by atoms with van der Waals surface area (Å²) in [6, 6.07) is 4.90. The van der Waals surface area contributed by atoms with E-state index in [1.807, 2.05) is 0 Å². The fourth-order valence-electron chi connectivity index (χ4n) is 1.60. The van der Waals surface area contributed by atoms with Gasteiger partial charge in [-0.3, -0.25) is 4.68 Å². The average Bonchev–Trinajstić information content (AvgIpc) is 2.77. The summed E-state index contributed by atoms with van der Waals surface area (Å²) in [6.07, 6.45) is 1.64. The second-order valence-electron chi connectivity index (χ2n) is 3.67. The molecule has 0 aliphatic heterocycles. The maximum Gasteiger partial charge on any atom is 0.335 e. The second-order valence-corrected chi connectivity index (χ2v) is 3.67. The number of carboxylic acid groups (broad SMARTS) is 1. The van der Waals surface area contributed by atoms with Crippen molar-refractivity contribution in [1.82, 2.24) is 9.78 Å². The number of hydrogen-bond donors (Lipinski definition) is 1. The van der Waals surface area contributed by atoms with Crippen LogP contribution in [0.5, 0.6) is 0 Å². The molecule has 0 unspecified atom stereocenters. The summed E-state index contributed by atoms with van der Waals surface area (Å²) in [7, 11) is 1.59. The standard InChI is InChI=1S/C13H12N2O3/c1-18-7-3-2-6-15-12-5-4-10(13(16)17)8-11(12)9-14-15/h4-5,8-9H,6-7H2,1H3,(H,16,17). The van der Waals surface area contributed by atoms with Crippen LogP contribution in [-0.2, 0) is 11.3 Å². The molecule has 0 fully saturated rings. The van der Waals surface area contributed by atoms with Crippen molar-refractivity contribution in [1.29, 1.82) is 0 Å². The molecule has 2 rings (SSSR count). The van der Waals surface area contributed by atoms with Crippen molar-refractivity contribution in [2.24, 2.45) is 0 Å². The molecule has 2 aromatic rings. The Morgan fingerprint density at radius 3 is 3.06 bits per heavy atom. The van der Waals surface area contributed by atoms with E-state index in [9.17, 15) is 4.79 Å². The predicted molar refractivity (Wildman–Crippen MR) is 66.3 cm³/mol. The van der Waals surface area contributed by atoms with Gasteiger partial charge in [-0.1, -0.05) is 11.8 Å². The third kappa shape index (κ3) is 2.50. The van der Waals surface area contributed by atoms with Crippen molar-refractivity contribution in [2.75, 3.05) is 13.7 Å². The van der Waals surface area contributed by atoms with Gasteiger partial charge in [-0.2, -0.15) is 5.10 Å². The van der Waals surface area contributed by atoms with Gasteiger partial charge in [0.1, 0.15) is 13.2 Å². The first-order valence-electron chi connectivity index (χ1n) is 5.36. The van der Waals surface area contributed by atoms with Crippen LogP contribution >= 0.6 is 0 Å². The highest BCUT2D eigenvalue weighted by Crippen LogP contribution is 2.15. The first kappa shape index (κ1) is 12.1. The van der Waals surface area contributed by atoms with Crippen molar-refractivity contribution in [3.63, 3.8) is 0 Å². The van der Waals surface area contributed by atoms with Crippen LogP contribution < -0.4 is 0 Å². The molecular weight excluding hydrogens is 232 g/mol. The highest BCUT2D eigenvalue weighted by molar-refractivity contribution is 5.93. The molecule has 1 aromatic heterocycles. The van der Waals surface area contributed by atoms with Crippen LogP contribution in [0.25, 0.3) is 10.9 Å². The molecule has 1 heterocycles. The van der Waals surface area contributed by atoms with Gasteiger partial charge in [0.2, 0.25) is 0 Å². The van der Waals surface area contributed by atoms with Crippen molar-refractivity contribution >= 4 is 16.9 Å². The average molecular weight is 244 g/mol. The van der Waals surface area contributed by atoms with Crippen LogP contribution in [0.1, 0.15) is 10.4 Å². The number of aromatic nitrogens is 2. The molecule has 0 spiro atoms. The maximum absolute atomic E-state index is 10.8. The number of benzene rings is 1. The number of nitrogens with zero attached hydrogens (tertiary/aromatic N) is 2. The Kier molecular flexibility index (Phi) is 3.60. The highest BCUT2D eigenvalue weighted by Gasteiger charge is 2.06. The lowest BCUT2D eigenvalue weighted by molar-refractivity contribution is 0.0697. The van der Waals surface area contributed by atoms with Crippen molar-refractivity contribution in [3.05, 3.63) is 30.0 Å². The summed E-state index contributed by atoms with van der Waals surface area (Å²) < 4.78 is 6.55. The number of fused-ring (bicyclic) bond motifs is 1. The van der Waals surface area contributed by atoms with Crippen LogP contribution in [0.15, 0.2) is 24.4 Å². The van der Waals surface area contributed by atoms with E-state index in [0.717, 1.165) is 10.9 Å². The van der Waals surface area contributed by atoms with E-state index in [0.29, 0.717) is 13.2 Å². The van der Waals surface area contributed by atoms with Crippen LogP contribution in [0.3, 0.4) is 0 Å². The number of hydrogen-bond acceptors (Lipinski definition) is 3. The number of aromatic carboxylic acids is 1. The largest absolute Gasteiger partial charge is 0.478 e. The molecule has 18 heavy (non-hydrogen) atoms. The molecule has 0 aliphatic rings. The molecule has 0 bridgehead atoms. The number of methoxy groups -OCH3 is 1. The Hall–Kier alpha value is -2.32. The molecule has 5 nitrogen and oxygen atoms in total. The monoisotopic (exact) mass is 244 g/mol. The third-order valence-corrected chi connectivity index (χ3v) is 2.46. The fourth-order valence-corrected chi connectivity index (χ4v) is 1.60. The van der Waals surface area contributed by atoms with E-state index in [1.165, 1.54) is 0 Å². The number of carbonyl (C=O) groups is 1. The van der Waals surface area contributed by atoms with Crippen LogP contribution in [0.4, 0.5) is 0 Å². The van der Waals surface area contributed by atoms with E-state index in [2.05, 4.69) is 16.9 Å². The quantitative estimate of drug-likeness (QED) is 0.828. The molecule has 0 radical (unpaired) electrons. The molecule has 0 aliphatic carbocycles. The second kappa shape index (κ2) is 5.34. The molecule has 0 saturated carbocycles. The maximum atomic E-state index is 10.8. The third-order valence-electron chi connectivity index (χ3n) is 2.46. The summed E-state index contributed by atoms with van der Waals surface area (Å²) >= 11 is 0. The summed E-state index contributed by atoms with van der Waals surface area (Å²) in [5.74, 6) is 4.83. The number of ether oxygens (including phenoxy) is 1. The Balaban J connectivity index is 2.27. The van der Waals surface area contributed by atoms with Gasteiger partial charge in [0.05, 0.1) is 17.3 Å². The zero-order chi connectivity index (χ0) is 13.0. The summed E-state index contributed by atoms with van der Waals surface area (Å²) in [4.78, 5) is 10.8. The van der Waals surface area contributed by atoms with Crippen molar-refractivity contribution in [2.45, 2.75) is 6.54 Å². The minimum Gasteiger partial charge on any atom is -0.478 e. The Bertz CT molecular complexity index is 634. The van der Waals surface area contributed by atoms with Gasteiger partial charge in [0.15, 0.2) is 0 Å². The summed E-state index contributed by atoms with van der Waals surface area (Å²) in [5.41, 5.74) is 1.12. The highest BCUT2D eigenvalue weighted by atomic mass is 16.5. The zero-order valence-corrected chi connectivity index (χ0v) is 9.88. The molecule has 1 N–H and O–H groups in total. The van der Waals surface area contributed by atoms with Gasteiger partial charge in [-0.15, -0.1) is 0 Å². The minimum atomic E-state index is -0.940. The minimum absolute atomic E-state index is 0.257. The van der Waals surface area contributed by atoms with E-state index in [4.69, 9.17) is 9.84 Å². The molecule has 0 saturated heterocycles. The van der Waals surface area contributed by atoms with Gasteiger partial charge in [0, 0.05) is 12.5 Å². The topological polar surface area (TPSA) is 64.4 Å². The molecule has 0 amide bonds. The van der Waals surface area contributed by atoms with E-state index < -0.39 is 5.97 Å². The van der Waals surface area contributed by atoms with E-state index in [1.54, 1.807) is 36.2 Å². The molecule has 92 valence electrons. The lowest BCUT2D eigenvalue weighted by atomic mass is 10.1. The number of carboxylic acids is 1. The predicted octanol–water partition coefficient (Wildman–Crippen LogP) is 1.38. The normalized spacial score (nSPS) is 10.1. The molecule has 0 atom stereocenters. The lowest BCUT2D eigenvalue weighted by Crippen LogP contribution is -1.99. The fraction of sp³-hybridized carbons (Fsp3) is 0.231. The molecule has 1 aromatic carbocycles. The summed E-state index contributed by atoms with van der Waals surface area (Å²) in [6.45, 7) is 0.849. The lowest BCUT2D eigenvalue weighted by Gasteiger charge is -1.98. The Morgan fingerprint density at radius 1 is 1.50 bits per heavy atom. The van der Waals surface area contributed by atoms with Crippen LogP contribution in [0.2, 0.25) is 0 Å². The smallest absolute Gasteiger partial charge is 0.335 e. The first-order valence-corrected chi connectivity index (χ1v) is 5.36. The SMILES string of the molecule is COCC#CCn1ncc2cc(C(=O)O)ccc21. The van der Waals surface area contributed by atoms with E-state index in [-0.39, 0.29) is 5.56 Å². The van der Waals surface area contributed by atoms with Crippen molar-refractivity contribution < 1.29 is 14.6 Å². The van der Waals surface area contributed by atoms with Gasteiger partial charge >= 0.3 is 5.97 Å². The van der Waals surface area contributed by atoms with Gasteiger partial charge in [0.25, 0.3) is 0 Å². The van der Waals surface area contributed by atoms with Gasteiger partial charge in [-0.25, -0.2) is 4.79 Å². The zero-order valence-electron chi connectivity index (χ0n) is 9.88. The summed E-state index contributed by atoms with van der Waals surface area (Å²) in [5, 5.41) is 13.9. The van der Waals surface area contributed by atoms with Gasteiger partial charge < -0.3 is 9.84 Å².